The van der Waals surface area contributed by atoms with Crippen LogP contribution < -0.4 is 0 Å². The largest absolute Gasteiger partial charge is 1.00 e. The van der Waals surface area contributed by atoms with Gasteiger partial charge in [0.1, 0.15) is 0 Å². The molecule has 0 radical (unpaired) electrons. The van der Waals surface area contributed by atoms with Crippen LogP contribution in [0.3, 0.4) is 0 Å². The molecule has 86 valence electrons. The molecule has 0 bridgehead atoms. The molecule has 0 saturated heterocycles. The summed E-state index contributed by atoms with van der Waals surface area (Å²) in [5, 5.41) is 0. The first kappa shape index (κ1) is 12.1. The summed E-state index contributed by atoms with van der Waals surface area (Å²) in [6.45, 7) is 7.14. The third-order valence-corrected chi connectivity index (χ3v) is 8.81. The van der Waals surface area contributed by atoms with Crippen molar-refractivity contribution in [2.24, 2.45) is 5.41 Å². The quantitative estimate of drug-likeness (QED) is 0.627. The Morgan fingerprint density at radius 3 is 1.88 bits per heavy atom. The Bertz CT molecular complexity index is 350. The first-order chi connectivity index (χ1) is 7.56. The fraction of sp³-hybridized carbons (Fsp3) is 0.467. The monoisotopic (exact) mass is 250 g/mol. The van der Waals surface area contributed by atoms with Gasteiger partial charge in [-0.25, -0.2) is 0 Å². The van der Waals surface area contributed by atoms with Gasteiger partial charge in [-0.05, 0) is 0 Å². The van der Waals surface area contributed by atoms with Crippen molar-refractivity contribution in [3.05, 3.63) is 44.2 Å². The van der Waals surface area contributed by atoms with Gasteiger partial charge < -0.3 is 1.43 Å². The van der Waals surface area contributed by atoms with Crippen molar-refractivity contribution in [1.82, 2.24) is 0 Å². The van der Waals surface area contributed by atoms with Crippen molar-refractivity contribution < 1.29 is 19.3 Å². The molecule has 0 nitrogen and oxygen atoms in total. The van der Waals surface area contributed by atoms with E-state index >= 15 is 0 Å². The van der Waals surface area contributed by atoms with E-state index in [4.69, 9.17) is 0 Å². The third-order valence-electron chi connectivity index (χ3n) is 3.02. The van der Waals surface area contributed by atoms with Crippen LogP contribution in [-0.2, 0) is 17.9 Å². The molecule has 0 aromatic carbocycles. The van der Waals surface area contributed by atoms with E-state index in [1.807, 2.05) is 0 Å². The van der Waals surface area contributed by atoms with Gasteiger partial charge in [0.05, 0.1) is 0 Å². The third kappa shape index (κ3) is 3.09. The van der Waals surface area contributed by atoms with E-state index in [-0.39, 0.29) is 1.43 Å². The fourth-order valence-electron chi connectivity index (χ4n) is 2.31. The normalized spacial score (nSPS) is 18.9. The molecule has 0 N–H and O–H groups in total. The zero-order valence-corrected chi connectivity index (χ0v) is 12.1. The molecule has 0 unspecified atom stereocenters. The van der Waals surface area contributed by atoms with Gasteiger partial charge in [0, 0.05) is 0 Å². The van der Waals surface area contributed by atoms with E-state index in [2.05, 4.69) is 57.2 Å². The molecule has 0 aromatic rings. The summed E-state index contributed by atoms with van der Waals surface area (Å²) in [4.78, 5) is 0. The van der Waals surface area contributed by atoms with E-state index in [1.165, 1.54) is 17.6 Å². The zero-order chi connectivity index (χ0) is 11.6. The molecule has 0 atom stereocenters. The van der Waals surface area contributed by atoms with Crippen LogP contribution in [0.2, 0.25) is 4.73 Å². The van der Waals surface area contributed by atoms with E-state index in [0.29, 0.717) is 5.41 Å². The van der Waals surface area contributed by atoms with Gasteiger partial charge >= 0.3 is 106 Å². The molecule has 0 spiro atoms. The summed E-state index contributed by atoms with van der Waals surface area (Å²) in [5.41, 5.74) is 0.474. The Kier molecular flexibility index (Phi) is 3.71. The van der Waals surface area contributed by atoms with Crippen LogP contribution >= 0.6 is 0 Å². The number of hydrogen-bond donors (Lipinski definition) is 0. The maximum absolute atomic E-state index is 2.39. The minimum Gasteiger partial charge on any atom is -1.00 e. The Labute approximate surface area is 107 Å². The van der Waals surface area contributed by atoms with Crippen LogP contribution in [0, 0.1) is 5.41 Å². The molecular formula is C15H22Ti. The fourth-order valence-corrected chi connectivity index (χ4v) is 7.38. The smallest absolute Gasteiger partial charge is 1.00 e. The van der Waals surface area contributed by atoms with Gasteiger partial charge in [-0.3, -0.25) is 0 Å². The minimum atomic E-state index is -1.17. The minimum absolute atomic E-state index is 0. The van der Waals surface area contributed by atoms with Gasteiger partial charge in [0.15, 0.2) is 0 Å². The van der Waals surface area contributed by atoms with E-state index in [0.717, 1.165) is 0 Å². The average molecular weight is 250 g/mol. The average Bonchev–Trinajstić information content (AvgIpc) is 2.86. The Hall–Kier alpha value is -0.326. The molecule has 0 aromatic heterocycles. The molecule has 16 heavy (non-hydrogen) atoms. The number of rotatable bonds is 3. The van der Waals surface area contributed by atoms with Crippen LogP contribution in [0.5, 0.6) is 0 Å². The van der Waals surface area contributed by atoms with Crippen molar-refractivity contribution in [3.8, 4) is 0 Å². The number of allylic oxidation sites excluding steroid dienone is 8. The van der Waals surface area contributed by atoms with Crippen LogP contribution in [0.15, 0.2) is 44.2 Å². The topological polar surface area (TPSA) is 0 Å². The molecule has 0 aliphatic heterocycles. The van der Waals surface area contributed by atoms with Crippen molar-refractivity contribution in [1.29, 1.82) is 0 Å². The van der Waals surface area contributed by atoms with Gasteiger partial charge in [0.25, 0.3) is 0 Å². The SMILES string of the molecule is CC(C)(C)[CH2][Ti+]([C]1=CC=CC1)[C]1=CC=CC1.[H-]. The van der Waals surface area contributed by atoms with Crippen LogP contribution in [-0.4, -0.2) is 0 Å². The van der Waals surface area contributed by atoms with Crippen molar-refractivity contribution in [2.75, 3.05) is 0 Å². The molecule has 2 rings (SSSR count). The maximum atomic E-state index is 2.39. The van der Waals surface area contributed by atoms with Crippen LogP contribution in [0.4, 0.5) is 0 Å². The van der Waals surface area contributed by atoms with Crippen molar-refractivity contribution in [3.63, 3.8) is 0 Å². The first-order valence-electron chi connectivity index (χ1n) is 6.14. The molecule has 0 heterocycles. The van der Waals surface area contributed by atoms with E-state index in [1.54, 1.807) is 7.76 Å². The molecular weight excluding hydrogens is 228 g/mol. The Morgan fingerprint density at radius 2 is 1.56 bits per heavy atom. The predicted octanol–water partition coefficient (Wildman–Crippen LogP) is 4.87. The van der Waals surface area contributed by atoms with Crippen LogP contribution in [0.1, 0.15) is 35.0 Å². The molecule has 2 aliphatic carbocycles. The zero-order valence-electron chi connectivity index (χ0n) is 11.6. The summed E-state index contributed by atoms with van der Waals surface area (Å²) in [6, 6.07) is 0. The van der Waals surface area contributed by atoms with Crippen molar-refractivity contribution in [2.45, 2.75) is 38.3 Å². The van der Waals surface area contributed by atoms with E-state index < -0.39 is 17.9 Å². The summed E-state index contributed by atoms with van der Waals surface area (Å²) in [5.74, 6) is 0. The van der Waals surface area contributed by atoms with Crippen LogP contribution in [0.25, 0.3) is 0 Å². The molecule has 0 saturated carbocycles. The summed E-state index contributed by atoms with van der Waals surface area (Å²) < 4.78 is 4.96. The van der Waals surface area contributed by atoms with Gasteiger partial charge in [-0.1, -0.05) is 0 Å². The molecule has 1 heteroatoms. The maximum Gasteiger partial charge on any atom is -1.00 e. The second kappa shape index (κ2) is 4.90. The number of hydrogen-bond acceptors (Lipinski definition) is 0. The Balaban J connectivity index is 0.00000144. The predicted molar refractivity (Wildman–Crippen MR) is 69.1 cm³/mol. The Morgan fingerprint density at radius 1 is 1.06 bits per heavy atom. The van der Waals surface area contributed by atoms with Gasteiger partial charge in [-0.15, -0.1) is 0 Å². The van der Waals surface area contributed by atoms with Crippen molar-refractivity contribution >= 4 is 0 Å². The van der Waals surface area contributed by atoms with Gasteiger partial charge in [-0.2, -0.15) is 0 Å². The summed E-state index contributed by atoms with van der Waals surface area (Å²) in [7, 11) is 0. The first-order valence-corrected chi connectivity index (χ1v) is 8.81. The molecule has 0 amide bonds. The summed E-state index contributed by atoms with van der Waals surface area (Å²) >= 11 is -1.17. The van der Waals surface area contributed by atoms with Gasteiger partial charge in [0.2, 0.25) is 0 Å². The molecule has 2 aliphatic rings. The van der Waals surface area contributed by atoms with E-state index in [9.17, 15) is 0 Å². The second-order valence-corrected chi connectivity index (χ2v) is 9.92. The second-order valence-electron chi connectivity index (χ2n) is 5.86. The summed E-state index contributed by atoms with van der Waals surface area (Å²) in [6.07, 6.45) is 16.3. The molecule has 0 fully saturated rings. The standard InChI is InChI=1S/2C5H5.C5H11.Ti.H/c2*1-2-4-5-3-1;1-5(2,3)4;;/h2*1-3H,4H2;1H2,2-4H3;;/q;;;+1;-1.